The van der Waals surface area contributed by atoms with Gasteiger partial charge in [0.15, 0.2) is 0 Å². The van der Waals surface area contributed by atoms with Crippen LogP contribution in [0.4, 0.5) is 0 Å². The fourth-order valence-corrected chi connectivity index (χ4v) is 2.44. The molecule has 76 valence electrons. The van der Waals surface area contributed by atoms with E-state index in [1.807, 2.05) is 26.0 Å². The van der Waals surface area contributed by atoms with Crippen molar-refractivity contribution in [3.63, 3.8) is 0 Å². The average Bonchev–Trinajstić information content (AvgIpc) is 2.10. The van der Waals surface area contributed by atoms with Gasteiger partial charge in [0.05, 0.1) is 10.1 Å². The molecule has 1 aromatic carbocycles. The first-order chi connectivity index (χ1) is 6.54. The van der Waals surface area contributed by atoms with E-state index in [1.165, 1.54) is 11.8 Å². The number of nitrogens with two attached hydrogens (primary N) is 1. The van der Waals surface area contributed by atoms with E-state index in [2.05, 4.69) is 0 Å². The lowest BCUT2D eigenvalue weighted by Gasteiger charge is -2.08. The Hall–Kier alpha value is -0.310. The molecule has 0 aliphatic heterocycles. The molecule has 2 N–H and O–H groups in total. The van der Waals surface area contributed by atoms with E-state index < -0.39 is 0 Å². The molecule has 14 heavy (non-hydrogen) atoms. The van der Waals surface area contributed by atoms with Crippen molar-refractivity contribution in [2.75, 3.05) is 0 Å². The third kappa shape index (κ3) is 2.84. The zero-order chi connectivity index (χ0) is 10.7. The molecule has 0 aliphatic rings. The minimum Gasteiger partial charge on any atom is -0.394 e. The van der Waals surface area contributed by atoms with Gasteiger partial charge in [0.25, 0.3) is 0 Å². The average molecular weight is 248 g/mol. The van der Waals surface area contributed by atoms with Crippen LogP contribution >= 0.6 is 35.0 Å². The number of hydrogen-bond acceptors (Lipinski definition) is 2. The topological polar surface area (TPSA) is 26.0 Å². The molecule has 0 bridgehead atoms. The van der Waals surface area contributed by atoms with Crippen LogP contribution in [0.3, 0.4) is 0 Å². The lowest BCUT2D eigenvalue weighted by molar-refractivity contribution is 1.30. The first-order valence-corrected chi connectivity index (χ1v) is 5.67. The summed E-state index contributed by atoms with van der Waals surface area (Å²) in [4.78, 5) is 0.965. The summed E-state index contributed by atoms with van der Waals surface area (Å²) in [6.45, 7) is 3.85. The van der Waals surface area contributed by atoms with Gasteiger partial charge in [0.1, 0.15) is 0 Å². The van der Waals surface area contributed by atoms with Crippen LogP contribution in [0.1, 0.15) is 12.5 Å². The molecule has 1 nitrogen and oxygen atoms in total. The van der Waals surface area contributed by atoms with E-state index in [-0.39, 0.29) is 0 Å². The summed E-state index contributed by atoms with van der Waals surface area (Å²) in [5.41, 5.74) is 6.75. The molecule has 0 aliphatic carbocycles. The lowest BCUT2D eigenvalue weighted by atomic mass is 10.2. The van der Waals surface area contributed by atoms with E-state index >= 15 is 0 Å². The van der Waals surface area contributed by atoms with Crippen molar-refractivity contribution < 1.29 is 0 Å². The molecule has 0 radical (unpaired) electrons. The predicted octanol–water partition coefficient (Wildman–Crippen LogP) is 4.21. The van der Waals surface area contributed by atoms with Crippen molar-refractivity contribution in [1.82, 2.24) is 0 Å². The maximum absolute atomic E-state index is 6.05. The van der Waals surface area contributed by atoms with Crippen LogP contribution in [0, 0.1) is 6.92 Å². The third-order valence-corrected chi connectivity index (χ3v) is 3.54. The highest BCUT2D eigenvalue weighted by molar-refractivity contribution is 8.03. The van der Waals surface area contributed by atoms with Crippen LogP contribution in [0.2, 0.25) is 10.0 Å². The first-order valence-electron chi connectivity index (χ1n) is 4.10. The summed E-state index contributed by atoms with van der Waals surface area (Å²) in [5, 5.41) is 2.03. The van der Waals surface area contributed by atoms with Crippen molar-refractivity contribution in [3.05, 3.63) is 38.8 Å². The minimum atomic E-state index is 0.643. The predicted molar refractivity (Wildman–Crippen MR) is 65.0 cm³/mol. The summed E-state index contributed by atoms with van der Waals surface area (Å²) in [5.74, 6) is 0. The van der Waals surface area contributed by atoms with Crippen molar-refractivity contribution in [2.45, 2.75) is 18.7 Å². The highest BCUT2D eigenvalue weighted by Gasteiger charge is 2.07. The van der Waals surface area contributed by atoms with Crippen LogP contribution in [0.5, 0.6) is 0 Å². The maximum atomic E-state index is 6.05. The Morgan fingerprint density at radius 3 is 2.57 bits per heavy atom. The molecule has 0 saturated heterocycles. The van der Waals surface area contributed by atoms with Gasteiger partial charge < -0.3 is 5.73 Å². The second kappa shape index (κ2) is 4.96. The second-order valence-electron chi connectivity index (χ2n) is 2.83. The van der Waals surface area contributed by atoms with Crippen molar-refractivity contribution in [3.8, 4) is 0 Å². The van der Waals surface area contributed by atoms with E-state index in [0.29, 0.717) is 10.0 Å². The van der Waals surface area contributed by atoms with Crippen LogP contribution in [0.15, 0.2) is 28.1 Å². The monoisotopic (exact) mass is 247 g/mol. The fraction of sp³-hybridized carbons (Fsp3) is 0.200. The van der Waals surface area contributed by atoms with E-state index in [4.69, 9.17) is 28.9 Å². The summed E-state index contributed by atoms with van der Waals surface area (Å²) >= 11 is 13.4. The molecule has 0 amide bonds. The Morgan fingerprint density at radius 2 is 2.07 bits per heavy atom. The zero-order valence-electron chi connectivity index (χ0n) is 7.97. The Labute approximate surface area is 98.3 Å². The first kappa shape index (κ1) is 11.8. The molecule has 0 saturated carbocycles. The normalized spacial score (nSPS) is 11.9. The zero-order valence-corrected chi connectivity index (χ0v) is 10.3. The summed E-state index contributed by atoms with van der Waals surface area (Å²) < 4.78 is 0. The van der Waals surface area contributed by atoms with Crippen LogP contribution in [0.25, 0.3) is 0 Å². The molecule has 0 heterocycles. The molecule has 4 heteroatoms. The SMILES string of the molecule is C/C=C(/N)Sc1c(C)cc(Cl)cc1Cl. The molecule has 0 aromatic heterocycles. The van der Waals surface area contributed by atoms with Crippen molar-refractivity contribution in [2.24, 2.45) is 5.73 Å². The van der Waals surface area contributed by atoms with Crippen LogP contribution in [-0.4, -0.2) is 0 Å². The molecule has 0 atom stereocenters. The molecule has 0 unspecified atom stereocenters. The third-order valence-electron chi connectivity index (χ3n) is 1.70. The van der Waals surface area contributed by atoms with Gasteiger partial charge in [0.2, 0.25) is 0 Å². The van der Waals surface area contributed by atoms with Gasteiger partial charge in [0, 0.05) is 9.92 Å². The Bertz CT molecular complexity index is 351. The maximum Gasteiger partial charge on any atom is 0.0660 e. The number of aryl methyl sites for hydroxylation is 1. The van der Waals surface area contributed by atoms with Crippen LogP contribution < -0.4 is 5.73 Å². The number of thioether (sulfide) groups is 1. The van der Waals surface area contributed by atoms with Gasteiger partial charge in [-0.05, 0) is 31.5 Å². The van der Waals surface area contributed by atoms with Crippen LogP contribution in [-0.2, 0) is 0 Å². The van der Waals surface area contributed by atoms with Gasteiger partial charge >= 0.3 is 0 Å². The summed E-state index contributed by atoms with van der Waals surface area (Å²) in [6.07, 6.45) is 1.84. The quantitative estimate of drug-likeness (QED) is 0.793. The second-order valence-corrected chi connectivity index (χ2v) is 4.75. The van der Waals surface area contributed by atoms with E-state index in [0.717, 1.165) is 15.5 Å². The molecule has 0 spiro atoms. The highest BCUT2D eigenvalue weighted by atomic mass is 35.5. The van der Waals surface area contributed by atoms with Gasteiger partial charge in [-0.15, -0.1) is 0 Å². The lowest BCUT2D eigenvalue weighted by Crippen LogP contribution is -1.92. The Morgan fingerprint density at radius 1 is 1.43 bits per heavy atom. The number of halogens is 2. The summed E-state index contributed by atoms with van der Waals surface area (Å²) in [6, 6.07) is 3.60. The number of allylic oxidation sites excluding steroid dienone is 1. The van der Waals surface area contributed by atoms with Crippen molar-refractivity contribution in [1.29, 1.82) is 0 Å². The standard InChI is InChI=1S/C10H11Cl2NS/c1-3-9(13)14-10-6(2)4-7(11)5-8(10)12/h3-5H,13H2,1-2H3/b9-3-. The van der Waals surface area contributed by atoms with E-state index in [1.54, 1.807) is 6.07 Å². The Balaban J connectivity index is 3.09. The number of rotatable bonds is 2. The van der Waals surface area contributed by atoms with Gasteiger partial charge in [-0.25, -0.2) is 0 Å². The molecular weight excluding hydrogens is 237 g/mol. The van der Waals surface area contributed by atoms with Gasteiger partial charge in [-0.2, -0.15) is 0 Å². The number of benzene rings is 1. The number of hydrogen-bond donors (Lipinski definition) is 1. The smallest absolute Gasteiger partial charge is 0.0660 e. The molecule has 1 rings (SSSR count). The highest BCUT2D eigenvalue weighted by Crippen LogP contribution is 2.35. The Kier molecular flexibility index (Phi) is 4.17. The molecule has 1 aromatic rings. The minimum absolute atomic E-state index is 0.643. The van der Waals surface area contributed by atoms with Gasteiger partial charge in [-0.1, -0.05) is 41.0 Å². The molecular formula is C10H11Cl2NS. The summed E-state index contributed by atoms with van der Waals surface area (Å²) in [7, 11) is 0. The van der Waals surface area contributed by atoms with Gasteiger partial charge in [-0.3, -0.25) is 0 Å². The van der Waals surface area contributed by atoms with E-state index in [9.17, 15) is 0 Å². The van der Waals surface area contributed by atoms with Crippen molar-refractivity contribution >= 4 is 35.0 Å². The fourth-order valence-electron chi connectivity index (χ4n) is 0.995. The largest absolute Gasteiger partial charge is 0.394 e. The molecule has 0 fully saturated rings.